The van der Waals surface area contributed by atoms with Crippen LogP contribution in [0.2, 0.25) is 0 Å². The minimum Gasteiger partial charge on any atom is -0.384 e. The van der Waals surface area contributed by atoms with Gasteiger partial charge in [0.15, 0.2) is 0 Å². The number of methoxy groups -OCH3 is 1. The summed E-state index contributed by atoms with van der Waals surface area (Å²) >= 11 is 0. The predicted molar refractivity (Wildman–Crippen MR) is 68.8 cm³/mol. The minimum atomic E-state index is -3.80. The van der Waals surface area contributed by atoms with Crippen LogP contribution in [0.15, 0.2) is 29.2 Å². The van der Waals surface area contributed by atoms with Crippen LogP contribution in [-0.4, -0.2) is 36.3 Å². The van der Waals surface area contributed by atoms with E-state index in [2.05, 4.69) is 9.46 Å². The van der Waals surface area contributed by atoms with Gasteiger partial charge in [0.05, 0.1) is 17.3 Å². The molecule has 102 valence electrons. The van der Waals surface area contributed by atoms with Gasteiger partial charge in [0.25, 0.3) is 9.05 Å². The summed E-state index contributed by atoms with van der Waals surface area (Å²) in [7, 11) is -0.777. The lowest BCUT2D eigenvalue weighted by Gasteiger charge is -2.07. The van der Waals surface area contributed by atoms with Crippen molar-refractivity contribution in [2.75, 3.05) is 24.2 Å². The normalized spacial score (nSPS) is 12.3. The monoisotopic (exact) mass is 313 g/mol. The lowest BCUT2D eigenvalue weighted by atomic mass is 10.3. The van der Waals surface area contributed by atoms with E-state index in [1.165, 1.54) is 31.4 Å². The Labute approximate surface area is 110 Å². The molecule has 0 fully saturated rings. The molecule has 0 spiro atoms. The van der Waals surface area contributed by atoms with E-state index in [9.17, 15) is 16.8 Å². The Morgan fingerprint density at radius 3 is 2.17 bits per heavy atom. The standard InChI is InChI=1S/C9H12ClNO5S2/c1-16-6-7-17(12,13)11-8-2-4-9(5-3-8)18(10,14)15/h2-5,11H,6-7H2,1H3. The largest absolute Gasteiger partial charge is 0.384 e. The Morgan fingerprint density at radius 2 is 1.72 bits per heavy atom. The van der Waals surface area contributed by atoms with Crippen LogP contribution in [0.4, 0.5) is 5.69 Å². The third-order valence-corrected chi connectivity index (χ3v) is 4.59. The first-order valence-corrected chi connectivity index (χ1v) is 8.75. The van der Waals surface area contributed by atoms with Crippen LogP contribution in [0.3, 0.4) is 0 Å². The molecule has 0 aliphatic carbocycles. The van der Waals surface area contributed by atoms with Gasteiger partial charge in [-0.1, -0.05) is 0 Å². The Morgan fingerprint density at radius 1 is 1.17 bits per heavy atom. The molecule has 1 aromatic carbocycles. The summed E-state index contributed by atoms with van der Waals surface area (Å²) in [6.45, 7) is 0.0729. The first kappa shape index (κ1) is 15.2. The molecule has 9 heteroatoms. The zero-order chi connectivity index (χ0) is 13.8. The highest BCUT2D eigenvalue weighted by Gasteiger charge is 2.12. The van der Waals surface area contributed by atoms with E-state index in [1.807, 2.05) is 0 Å². The van der Waals surface area contributed by atoms with E-state index in [4.69, 9.17) is 10.7 Å². The molecule has 0 amide bonds. The molecule has 0 atom stereocenters. The molecule has 6 nitrogen and oxygen atoms in total. The van der Waals surface area contributed by atoms with Gasteiger partial charge in [0.2, 0.25) is 10.0 Å². The average Bonchev–Trinajstić information content (AvgIpc) is 2.25. The highest BCUT2D eigenvalue weighted by Crippen LogP contribution is 2.18. The summed E-state index contributed by atoms with van der Waals surface area (Å²) in [4.78, 5) is -0.0935. The third kappa shape index (κ3) is 4.81. The first-order valence-electron chi connectivity index (χ1n) is 4.79. The van der Waals surface area contributed by atoms with Crippen LogP contribution in [0.25, 0.3) is 0 Å². The summed E-state index contributed by atoms with van der Waals surface area (Å²) < 4.78 is 51.9. The Balaban J connectivity index is 2.82. The van der Waals surface area contributed by atoms with Crippen molar-refractivity contribution in [2.24, 2.45) is 0 Å². The van der Waals surface area contributed by atoms with Crippen molar-refractivity contribution in [2.45, 2.75) is 4.90 Å². The molecule has 1 rings (SSSR count). The van der Waals surface area contributed by atoms with Crippen molar-refractivity contribution in [3.05, 3.63) is 24.3 Å². The maximum Gasteiger partial charge on any atom is 0.261 e. The van der Waals surface area contributed by atoms with E-state index < -0.39 is 19.1 Å². The number of ether oxygens (including phenoxy) is 1. The van der Waals surface area contributed by atoms with Crippen molar-refractivity contribution >= 4 is 35.4 Å². The number of halogens is 1. The fourth-order valence-electron chi connectivity index (χ4n) is 1.11. The molecule has 0 aromatic heterocycles. The van der Waals surface area contributed by atoms with Gasteiger partial charge in [0.1, 0.15) is 0 Å². The quantitative estimate of drug-likeness (QED) is 0.791. The molecular formula is C9H12ClNO5S2. The maximum atomic E-state index is 11.5. The topological polar surface area (TPSA) is 89.5 Å². The lowest BCUT2D eigenvalue weighted by Crippen LogP contribution is -2.19. The summed E-state index contributed by atoms with van der Waals surface area (Å²) in [6, 6.07) is 5.08. The lowest BCUT2D eigenvalue weighted by molar-refractivity contribution is 0.217. The molecule has 0 bridgehead atoms. The summed E-state index contributed by atoms with van der Waals surface area (Å²) in [6.07, 6.45) is 0. The molecule has 1 N–H and O–H groups in total. The molecule has 0 saturated heterocycles. The van der Waals surface area contributed by atoms with Gasteiger partial charge in [-0.25, -0.2) is 16.8 Å². The van der Waals surface area contributed by atoms with Crippen LogP contribution < -0.4 is 4.72 Å². The summed E-state index contributed by atoms with van der Waals surface area (Å²) in [5.41, 5.74) is 0.259. The summed E-state index contributed by atoms with van der Waals surface area (Å²) in [5, 5.41) is 0. The fraction of sp³-hybridized carbons (Fsp3) is 0.333. The third-order valence-electron chi connectivity index (χ3n) is 1.97. The van der Waals surface area contributed by atoms with Crippen molar-refractivity contribution < 1.29 is 21.6 Å². The zero-order valence-corrected chi connectivity index (χ0v) is 11.8. The molecule has 1 aromatic rings. The molecule has 0 aliphatic rings. The van der Waals surface area contributed by atoms with E-state index in [1.54, 1.807) is 0 Å². The van der Waals surface area contributed by atoms with Gasteiger partial charge in [0, 0.05) is 23.5 Å². The molecule has 0 unspecified atom stereocenters. The number of nitrogens with one attached hydrogen (secondary N) is 1. The SMILES string of the molecule is COCCS(=O)(=O)Nc1ccc(S(=O)(=O)Cl)cc1. The van der Waals surface area contributed by atoms with Gasteiger partial charge in [-0.2, -0.15) is 0 Å². The first-order chi connectivity index (χ1) is 8.24. The maximum absolute atomic E-state index is 11.5. The highest BCUT2D eigenvalue weighted by atomic mass is 35.7. The van der Waals surface area contributed by atoms with E-state index >= 15 is 0 Å². The Bertz CT molecular complexity index is 594. The molecule has 0 radical (unpaired) electrons. The molecule has 0 saturated carbocycles. The number of anilines is 1. The van der Waals surface area contributed by atoms with Gasteiger partial charge in [-0.05, 0) is 24.3 Å². The van der Waals surface area contributed by atoms with E-state index in [-0.39, 0.29) is 22.9 Å². The van der Waals surface area contributed by atoms with Crippen LogP contribution in [0.5, 0.6) is 0 Å². The number of benzene rings is 1. The smallest absolute Gasteiger partial charge is 0.261 e. The van der Waals surface area contributed by atoms with Crippen LogP contribution in [-0.2, 0) is 23.8 Å². The van der Waals surface area contributed by atoms with Gasteiger partial charge in [-0.15, -0.1) is 0 Å². The van der Waals surface area contributed by atoms with Crippen LogP contribution >= 0.6 is 10.7 Å². The molecule has 18 heavy (non-hydrogen) atoms. The minimum absolute atomic E-state index is 0.0729. The van der Waals surface area contributed by atoms with E-state index in [0.29, 0.717) is 0 Å². The zero-order valence-electron chi connectivity index (χ0n) is 9.46. The van der Waals surface area contributed by atoms with Gasteiger partial charge in [-0.3, -0.25) is 4.72 Å². The predicted octanol–water partition coefficient (Wildman–Crippen LogP) is 1.00. The molecule has 0 aliphatic heterocycles. The number of hydrogen-bond acceptors (Lipinski definition) is 5. The number of hydrogen-bond donors (Lipinski definition) is 1. The average molecular weight is 314 g/mol. The second kappa shape index (κ2) is 5.87. The molecule has 0 heterocycles. The van der Waals surface area contributed by atoms with Crippen molar-refractivity contribution in [3.8, 4) is 0 Å². The Kier molecular flexibility index (Phi) is 4.97. The van der Waals surface area contributed by atoms with Crippen LogP contribution in [0, 0.1) is 0 Å². The number of rotatable bonds is 6. The van der Waals surface area contributed by atoms with Gasteiger partial charge >= 0.3 is 0 Å². The number of sulfonamides is 1. The highest BCUT2D eigenvalue weighted by molar-refractivity contribution is 8.13. The van der Waals surface area contributed by atoms with E-state index in [0.717, 1.165) is 0 Å². The van der Waals surface area contributed by atoms with Crippen molar-refractivity contribution in [1.82, 2.24) is 0 Å². The van der Waals surface area contributed by atoms with Gasteiger partial charge < -0.3 is 4.74 Å². The second-order valence-corrected chi connectivity index (χ2v) is 7.78. The fourth-order valence-corrected chi connectivity index (χ4v) is 2.86. The molecular weight excluding hydrogens is 302 g/mol. The van der Waals surface area contributed by atoms with Crippen molar-refractivity contribution in [3.63, 3.8) is 0 Å². The van der Waals surface area contributed by atoms with Crippen molar-refractivity contribution in [1.29, 1.82) is 0 Å². The Hall–Kier alpha value is -0.830. The van der Waals surface area contributed by atoms with Crippen LogP contribution in [0.1, 0.15) is 0 Å². The summed E-state index contributed by atoms with van der Waals surface area (Å²) in [5.74, 6) is -0.181. The second-order valence-electron chi connectivity index (χ2n) is 3.38.